The summed E-state index contributed by atoms with van der Waals surface area (Å²) in [6, 6.07) is 12.0. The van der Waals surface area contributed by atoms with E-state index in [1.807, 2.05) is 31.2 Å². The Morgan fingerprint density at radius 1 is 1.23 bits per heavy atom. The van der Waals surface area contributed by atoms with Crippen LogP contribution in [0.1, 0.15) is 5.56 Å². The van der Waals surface area contributed by atoms with Crippen molar-refractivity contribution in [2.75, 3.05) is 16.4 Å². The topological polar surface area (TPSA) is 66.9 Å². The van der Waals surface area contributed by atoms with Gasteiger partial charge in [-0.25, -0.2) is 4.39 Å². The van der Waals surface area contributed by atoms with Gasteiger partial charge in [0, 0.05) is 11.4 Å². The van der Waals surface area contributed by atoms with Crippen LogP contribution < -0.4 is 10.6 Å². The Bertz CT molecular complexity index is 935. The Labute approximate surface area is 163 Å². The molecule has 0 bridgehead atoms. The second-order valence-corrected chi connectivity index (χ2v) is 7.94. The highest BCUT2D eigenvalue weighted by Gasteiger charge is 2.10. The molecule has 26 heavy (non-hydrogen) atoms. The molecule has 0 atom stereocenters. The van der Waals surface area contributed by atoms with Gasteiger partial charge in [0.1, 0.15) is 5.82 Å². The summed E-state index contributed by atoms with van der Waals surface area (Å²) in [7, 11) is 0. The number of rotatable bonds is 6. The van der Waals surface area contributed by atoms with Gasteiger partial charge in [0.25, 0.3) is 0 Å². The van der Waals surface area contributed by atoms with Crippen molar-refractivity contribution in [2.45, 2.75) is 11.3 Å². The summed E-state index contributed by atoms with van der Waals surface area (Å²) in [5.74, 6) is -0.601. The van der Waals surface area contributed by atoms with Crippen molar-refractivity contribution in [3.8, 4) is 0 Å². The van der Waals surface area contributed by atoms with E-state index in [9.17, 15) is 9.18 Å². The number of anilines is 3. The smallest absolute Gasteiger partial charge is 0.234 e. The molecule has 0 spiro atoms. The van der Waals surface area contributed by atoms with Crippen LogP contribution in [0.25, 0.3) is 0 Å². The zero-order valence-corrected chi connectivity index (χ0v) is 16.0. The fourth-order valence-electron chi connectivity index (χ4n) is 2.06. The van der Waals surface area contributed by atoms with E-state index in [2.05, 4.69) is 20.8 Å². The summed E-state index contributed by atoms with van der Waals surface area (Å²) in [4.78, 5) is 12.0. The third-order valence-corrected chi connectivity index (χ3v) is 5.47. The number of nitrogens with zero attached hydrogens (tertiary/aromatic N) is 2. The highest BCUT2D eigenvalue weighted by molar-refractivity contribution is 8.01. The molecule has 0 fully saturated rings. The number of nitrogens with one attached hydrogen (secondary N) is 2. The van der Waals surface area contributed by atoms with Crippen molar-refractivity contribution in [1.29, 1.82) is 0 Å². The second kappa shape index (κ2) is 8.48. The molecule has 134 valence electrons. The van der Waals surface area contributed by atoms with Crippen molar-refractivity contribution in [3.63, 3.8) is 0 Å². The number of aromatic nitrogens is 2. The molecular formula is C17H14ClFN4OS2. The molecule has 0 radical (unpaired) electrons. The summed E-state index contributed by atoms with van der Waals surface area (Å²) in [5.41, 5.74) is 2.52. The van der Waals surface area contributed by atoms with Crippen LogP contribution in [-0.4, -0.2) is 21.9 Å². The van der Waals surface area contributed by atoms with E-state index in [4.69, 9.17) is 11.6 Å². The number of hydrogen-bond acceptors (Lipinski definition) is 6. The molecule has 1 heterocycles. The molecule has 0 aliphatic heterocycles. The van der Waals surface area contributed by atoms with Crippen LogP contribution >= 0.6 is 34.7 Å². The number of halogens is 2. The van der Waals surface area contributed by atoms with Crippen LogP contribution in [0, 0.1) is 12.7 Å². The molecule has 0 saturated carbocycles. The summed E-state index contributed by atoms with van der Waals surface area (Å²) in [6.07, 6.45) is 0. The monoisotopic (exact) mass is 408 g/mol. The average Bonchev–Trinajstić information content (AvgIpc) is 3.04. The van der Waals surface area contributed by atoms with Crippen LogP contribution in [0.4, 0.5) is 20.9 Å². The molecule has 5 nitrogen and oxygen atoms in total. The first-order chi connectivity index (χ1) is 12.5. The lowest BCUT2D eigenvalue weighted by Gasteiger charge is -2.05. The Hall–Kier alpha value is -2.16. The zero-order valence-electron chi connectivity index (χ0n) is 13.6. The molecule has 0 aliphatic rings. The third kappa shape index (κ3) is 5.17. The number of aryl methyl sites for hydroxylation is 1. The van der Waals surface area contributed by atoms with Crippen molar-refractivity contribution in [3.05, 3.63) is 58.9 Å². The van der Waals surface area contributed by atoms with Crippen molar-refractivity contribution < 1.29 is 9.18 Å². The number of hydrogen-bond donors (Lipinski definition) is 2. The van der Waals surface area contributed by atoms with Crippen LogP contribution in [0.15, 0.2) is 46.8 Å². The quantitative estimate of drug-likeness (QED) is 0.554. The molecule has 3 aromatic rings. The Kier molecular flexibility index (Phi) is 6.08. The molecular weight excluding hydrogens is 395 g/mol. The van der Waals surface area contributed by atoms with Crippen molar-refractivity contribution in [1.82, 2.24) is 10.2 Å². The number of amides is 1. The van der Waals surface area contributed by atoms with Gasteiger partial charge in [-0.1, -0.05) is 46.8 Å². The van der Waals surface area contributed by atoms with Gasteiger partial charge < -0.3 is 10.6 Å². The van der Waals surface area contributed by atoms with Gasteiger partial charge in [-0.15, -0.1) is 10.2 Å². The van der Waals surface area contributed by atoms with Crippen LogP contribution in [0.5, 0.6) is 0 Å². The Balaban J connectivity index is 1.52. The lowest BCUT2D eigenvalue weighted by molar-refractivity contribution is -0.113. The lowest BCUT2D eigenvalue weighted by Crippen LogP contribution is -2.13. The maximum atomic E-state index is 13.1. The van der Waals surface area contributed by atoms with Gasteiger partial charge in [0.2, 0.25) is 11.0 Å². The fourth-order valence-corrected chi connectivity index (χ4v) is 3.82. The molecule has 9 heteroatoms. The largest absolute Gasteiger partial charge is 0.330 e. The predicted molar refractivity (Wildman–Crippen MR) is 105 cm³/mol. The number of thioether (sulfide) groups is 1. The molecule has 2 N–H and O–H groups in total. The number of carbonyl (C=O) groups is 1. The summed E-state index contributed by atoms with van der Waals surface area (Å²) in [5, 5.41) is 14.6. The van der Waals surface area contributed by atoms with Gasteiger partial charge in [-0.3, -0.25) is 4.79 Å². The van der Waals surface area contributed by atoms with Gasteiger partial charge in [0.05, 0.1) is 10.8 Å². The van der Waals surface area contributed by atoms with Crippen LogP contribution in [-0.2, 0) is 4.79 Å². The molecule has 1 amide bonds. The molecule has 0 unspecified atom stereocenters. The van der Waals surface area contributed by atoms with Crippen molar-refractivity contribution in [2.24, 2.45) is 0 Å². The summed E-state index contributed by atoms with van der Waals surface area (Å²) in [6.45, 7) is 2.01. The van der Waals surface area contributed by atoms with E-state index in [0.717, 1.165) is 11.3 Å². The van der Waals surface area contributed by atoms with Gasteiger partial charge >= 0.3 is 0 Å². The van der Waals surface area contributed by atoms with Gasteiger partial charge in [-0.05, 0) is 42.8 Å². The van der Waals surface area contributed by atoms with E-state index in [0.29, 0.717) is 15.2 Å². The minimum atomic E-state index is -0.526. The molecule has 2 aromatic carbocycles. The molecule has 3 rings (SSSR count). The Morgan fingerprint density at radius 2 is 2.08 bits per heavy atom. The molecule has 1 aromatic heterocycles. The third-order valence-electron chi connectivity index (χ3n) is 3.21. The lowest BCUT2D eigenvalue weighted by atomic mass is 10.2. The maximum absolute atomic E-state index is 13.1. The van der Waals surface area contributed by atoms with E-state index in [1.165, 1.54) is 41.3 Å². The first-order valence-electron chi connectivity index (χ1n) is 7.54. The fraction of sp³-hybridized carbons (Fsp3) is 0.118. The summed E-state index contributed by atoms with van der Waals surface area (Å²) >= 11 is 8.33. The van der Waals surface area contributed by atoms with Gasteiger partial charge in [0.15, 0.2) is 4.34 Å². The first-order valence-corrected chi connectivity index (χ1v) is 9.72. The molecule has 0 aliphatic carbocycles. The van der Waals surface area contributed by atoms with Gasteiger partial charge in [-0.2, -0.15) is 0 Å². The molecule has 0 saturated heterocycles. The van der Waals surface area contributed by atoms with E-state index in [-0.39, 0.29) is 16.7 Å². The highest BCUT2D eigenvalue weighted by Crippen LogP contribution is 2.28. The second-order valence-electron chi connectivity index (χ2n) is 5.33. The SMILES string of the molecule is Cc1cccc(Nc2nnc(SCC(=O)Nc3ccc(F)c(Cl)c3)s2)c1. The highest BCUT2D eigenvalue weighted by atomic mass is 35.5. The predicted octanol–water partition coefficient (Wildman–Crippen LogP) is 5.11. The van der Waals surface area contributed by atoms with E-state index >= 15 is 0 Å². The number of carbonyl (C=O) groups excluding carboxylic acids is 1. The number of benzene rings is 2. The van der Waals surface area contributed by atoms with E-state index in [1.54, 1.807) is 0 Å². The minimum Gasteiger partial charge on any atom is -0.330 e. The summed E-state index contributed by atoms with van der Waals surface area (Å²) < 4.78 is 13.8. The average molecular weight is 409 g/mol. The zero-order chi connectivity index (χ0) is 18.5. The van der Waals surface area contributed by atoms with E-state index < -0.39 is 5.82 Å². The first kappa shape index (κ1) is 18.6. The standard InChI is InChI=1S/C17H14ClFN4OS2/c1-10-3-2-4-11(7-10)21-16-22-23-17(26-16)25-9-15(24)20-12-5-6-14(19)13(18)8-12/h2-8H,9H2,1H3,(H,20,24)(H,21,22). The maximum Gasteiger partial charge on any atom is 0.234 e. The van der Waals surface area contributed by atoms with Crippen LogP contribution in [0.2, 0.25) is 5.02 Å². The van der Waals surface area contributed by atoms with Crippen molar-refractivity contribution >= 4 is 57.1 Å². The minimum absolute atomic E-state index is 0.0357. The van der Waals surface area contributed by atoms with Crippen LogP contribution in [0.3, 0.4) is 0 Å². The normalized spacial score (nSPS) is 10.6. The Morgan fingerprint density at radius 3 is 2.85 bits per heavy atom.